The Balaban J connectivity index is 1.61. The average molecular weight is 389 g/mol. The van der Waals surface area contributed by atoms with Gasteiger partial charge in [0.2, 0.25) is 0 Å². The number of nitrogens with zero attached hydrogens (tertiary/aromatic N) is 3. The number of aromatic nitrogens is 3. The fourth-order valence-electron chi connectivity index (χ4n) is 3.07. The molecular weight excluding hydrogens is 370 g/mol. The molecule has 140 valence electrons. The van der Waals surface area contributed by atoms with Crippen LogP contribution in [0.1, 0.15) is 27.0 Å². The monoisotopic (exact) mass is 389 g/mol. The van der Waals surface area contributed by atoms with Crippen LogP contribution in [0.2, 0.25) is 0 Å². The Morgan fingerprint density at radius 3 is 2.64 bits per heavy atom. The molecule has 0 aliphatic carbocycles. The Morgan fingerprint density at radius 1 is 1.07 bits per heavy atom. The van der Waals surface area contributed by atoms with Gasteiger partial charge in [-0.1, -0.05) is 53.7 Å². The zero-order valence-corrected chi connectivity index (χ0v) is 16.2. The molecule has 6 heteroatoms. The largest absolute Gasteiger partial charge is 0.478 e. The van der Waals surface area contributed by atoms with Crippen LogP contribution in [0.25, 0.3) is 11.2 Å². The summed E-state index contributed by atoms with van der Waals surface area (Å²) in [5.41, 5.74) is 5.52. The van der Waals surface area contributed by atoms with E-state index in [-0.39, 0.29) is 0 Å². The molecule has 0 saturated heterocycles. The van der Waals surface area contributed by atoms with Gasteiger partial charge in [0.1, 0.15) is 5.52 Å². The van der Waals surface area contributed by atoms with E-state index in [4.69, 9.17) is 10.1 Å². The number of hydrogen-bond acceptors (Lipinski definition) is 4. The summed E-state index contributed by atoms with van der Waals surface area (Å²) in [4.78, 5) is 20.3. The van der Waals surface area contributed by atoms with Gasteiger partial charge in [0.25, 0.3) is 0 Å². The van der Waals surface area contributed by atoms with Gasteiger partial charge in [-0.3, -0.25) is 4.57 Å². The minimum Gasteiger partial charge on any atom is -0.478 e. The highest BCUT2D eigenvalue weighted by Gasteiger charge is 2.13. The van der Waals surface area contributed by atoms with E-state index in [9.17, 15) is 4.79 Å². The van der Waals surface area contributed by atoms with Crippen molar-refractivity contribution in [1.29, 1.82) is 0 Å². The van der Waals surface area contributed by atoms with Crippen molar-refractivity contribution >= 4 is 28.9 Å². The van der Waals surface area contributed by atoms with Gasteiger partial charge in [-0.15, -0.1) is 0 Å². The Morgan fingerprint density at radius 2 is 1.89 bits per heavy atom. The van der Waals surface area contributed by atoms with Crippen molar-refractivity contribution in [2.75, 3.05) is 0 Å². The topological polar surface area (TPSA) is 68.0 Å². The van der Waals surface area contributed by atoms with E-state index >= 15 is 0 Å². The predicted octanol–water partition coefficient (Wildman–Crippen LogP) is 4.78. The molecule has 0 bridgehead atoms. The molecule has 0 aliphatic heterocycles. The van der Waals surface area contributed by atoms with Gasteiger partial charge >= 0.3 is 5.97 Å². The van der Waals surface area contributed by atoms with E-state index in [1.165, 1.54) is 11.1 Å². The first kappa shape index (κ1) is 18.3. The second kappa shape index (κ2) is 7.86. The summed E-state index contributed by atoms with van der Waals surface area (Å²) >= 11 is 1.63. The molecule has 0 spiro atoms. The van der Waals surface area contributed by atoms with Gasteiger partial charge < -0.3 is 5.11 Å². The van der Waals surface area contributed by atoms with E-state index in [1.807, 2.05) is 24.3 Å². The van der Waals surface area contributed by atoms with Crippen LogP contribution in [0, 0.1) is 6.92 Å². The van der Waals surface area contributed by atoms with E-state index in [0.29, 0.717) is 17.9 Å². The first-order valence-corrected chi connectivity index (χ1v) is 9.90. The van der Waals surface area contributed by atoms with Crippen molar-refractivity contribution in [2.24, 2.45) is 0 Å². The maximum atomic E-state index is 11.0. The molecule has 4 rings (SSSR count). The highest BCUT2D eigenvalue weighted by Crippen LogP contribution is 2.27. The van der Waals surface area contributed by atoms with E-state index in [0.717, 1.165) is 21.9 Å². The van der Waals surface area contributed by atoms with Crippen LogP contribution in [-0.2, 0) is 12.3 Å². The second-order valence-electron chi connectivity index (χ2n) is 6.61. The summed E-state index contributed by atoms with van der Waals surface area (Å²) in [6, 6.07) is 19.3. The summed E-state index contributed by atoms with van der Waals surface area (Å²) in [6.07, 6.45) is 1.79. The van der Waals surface area contributed by atoms with Gasteiger partial charge in [0.05, 0.1) is 12.1 Å². The number of imidazole rings is 1. The molecule has 0 amide bonds. The fraction of sp³-hybridized carbons (Fsp3) is 0.136. The quantitative estimate of drug-likeness (QED) is 0.481. The molecule has 5 nitrogen and oxygen atoms in total. The number of rotatable bonds is 6. The number of thioether (sulfide) groups is 1. The molecule has 1 N–H and O–H groups in total. The Hall–Kier alpha value is -3.12. The van der Waals surface area contributed by atoms with Crippen LogP contribution >= 0.6 is 11.8 Å². The van der Waals surface area contributed by atoms with Crippen LogP contribution in [-0.4, -0.2) is 25.6 Å². The molecule has 0 unspecified atom stereocenters. The summed E-state index contributed by atoms with van der Waals surface area (Å²) in [5.74, 6) is -0.206. The smallest absolute Gasteiger partial charge is 0.335 e. The molecule has 28 heavy (non-hydrogen) atoms. The minimum atomic E-state index is -0.912. The summed E-state index contributed by atoms with van der Waals surface area (Å²) in [6.45, 7) is 2.79. The van der Waals surface area contributed by atoms with E-state index < -0.39 is 5.97 Å². The minimum absolute atomic E-state index is 0.296. The van der Waals surface area contributed by atoms with Crippen molar-refractivity contribution < 1.29 is 9.90 Å². The van der Waals surface area contributed by atoms with Gasteiger partial charge in [-0.25, -0.2) is 14.8 Å². The lowest BCUT2D eigenvalue weighted by molar-refractivity contribution is 0.0697. The van der Waals surface area contributed by atoms with Gasteiger partial charge in [0, 0.05) is 11.9 Å². The molecule has 0 radical (unpaired) electrons. The van der Waals surface area contributed by atoms with E-state index in [2.05, 4.69) is 40.7 Å². The number of aryl methyl sites for hydroxylation is 1. The average Bonchev–Trinajstić information content (AvgIpc) is 3.04. The van der Waals surface area contributed by atoms with Crippen LogP contribution < -0.4 is 0 Å². The van der Waals surface area contributed by atoms with Crippen molar-refractivity contribution in [3.05, 3.63) is 89.1 Å². The number of aromatic carboxylic acids is 1. The normalized spacial score (nSPS) is 11.0. The summed E-state index contributed by atoms with van der Waals surface area (Å²) in [5, 5.41) is 9.94. The first-order valence-electron chi connectivity index (χ1n) is 8.92. The maximum absolute atomic E-state index is 11.0. The number of carboxylic acid groups (broad SMARTS) is 1. The molecule has 0 atom stereocenters. The molecule has 0 saturated carbocycles. The molecule has 4 aromatic rings. The summed E-state index contributed by atoms with van der Waals surface area (Å²) < 4.78 is 2.14. The number of fused-ring (bicyclic) bond motifs is 1. The first-order chi connectivity index (χ1) is 13.6. The van der Waals surface area contributed by atoms with Crippen molar-refractivity contribution in [1.82, 2.24) is 14.5 Å². The standard InChI is InChI=1S/C22H19N3O2S/c1-15-4-2-5-17(12-15)13-25-20-19(6-3-11-23-20)24-22(25)28-14-16-7-9-18(10-8-16)21(26)27/h2-12H,13-14H2,1H3,(H,26,27). The van der Waals surface area contributed by atoms with Gasteiger partial charge in [-0.2, -0.15) is 0 Å². The highest BCUT2D eigenvalue weighted by atomic mass is 32.2. The highest BCUT2D eigenvalue weighted by molar-refractivity contribution is 7.98. The second-order valence-corrected chi connectivity index (χ2v) is 7.55. The van der Waals surface area contributed by atoms with E-state index in [1.54, 1.807) is 30.1 Å². The summed E-state index contributed by atoms with van der Waals surface area (Å²) in [7, 11) is 0. The molecule has 0 fully saturated rings. The number of benzene rings is 2. The van der Waals surface area contributed by atoms with Crippen molar-refractivity contribution in [3.63, 3.8) is 0 Å². The number of carboxylic acids is 1. The van der Waals surface area contributed by atoms with Crippen LogP contribution in [0.5, 0.6) is 0 Å². The fourth-order valence-corrected chi connectivity index (χ4v) is 4.03. The van der Waals surface area contributed by atoms with Crippen molar-refractivity contribution in [2.45, 2.75) is 24.4 Å². The molecule has 2 aromatic heterocycles. The lowest BCUT2D eigenvalue weighted by Crippen LogP contribution is -2.03. The number of hydrogen-bond donors (Lipinski definition) is 1. The zero-order valence-electron chi connectivity index (χ0n) is 15.4. The van der Waals surface area contributed by atoms with Gasteiger partial charge in [0.15, 0.2) is 10.8 Å². The molecule has 0 aliphatic rings. The van der Waals surface area contributed by atoms with Crippen LogP contribution in [0.4, 0.5) is 0 Å². The third kappa shape index (κ3) is 3.92. The van der Waals surface area contributed by atoms with Crippen LogP contribution in [0.15, 0.2) is 72.0 Å². The maximum Gasteiger partial charge on any atom is 0.335 e. The third-order valence-electron chi connectivity index (χ3n) is 4.46. The SMILES string of the molecule is Cc1cccc(Cn2c(SCc3ccc(C(=O)O)cc3)nc3cccnc32)c1. The Labute approximate surface area is 167 Å². The van der Waals surface area contributed by atoms with Gasteiger partial charge in [-0.05, 0) is 42.3 Å². The van der Waals surface area contributed by atoms with Crippen molar-refractivity contribution in [3.8, 4) is 0 Å². The Kier molecular flexibility index (Phi) is 5.12. The number of carbonyl (C=O) groups is 1. The lowest BCUT2D eigenvalue weighted by atomic mass is 10.1. The number of pyridine rings is 1. The molecule has 2 aromatic carbocycles. The third-order valence-corrected chi connectivity index (χ3v) is 5.51. The predicted molar refractivity (Wildman–Crippen MR) is 111 cm³/mol. The zero-order chi connectivity index (χ0) is 19.5. The molecule has 2 heterocycles. The molecular formula is C22H19N3O2S. The lowest BCUT2D eigenvalue weighted by Gasteiger charge is -2.09. The Bertz CT molecular complexity index is 1140. The van der Waals surface area contributed by atoms with Crippen LogP contribution in [0.3, 0.4) is 0 Å².